The van der Waals surface area contributed by atoms with Crippen LogP contribution in [0.5, 0.6) is 11.5 Å². The highest BCUT2D eigenvalue weighted by atomic mass is 32.1. The monoisotopic (exact) mass is 481 g/mol. The molecule has 3 aromatic rings. The zero-order valence-electron chi connectivity index (χ0n) is 20.1. The van der Waals surface area contributed by atoms with Crippen LogP contribution in [0, 0.1) is 13.8 Å². The molecular weight excluding hydrogens is 450 g/mol. The quantitative estimate of drug-likeness (QED) is 0.253. The molecule has 0 aliphatic heterocycles. The number of anilines is 1. The van der Waals surface area contributed by atoms with Crippen LogP contribution in [0.4, 0.5) is 5.00 Å². The molecule has 0 saturated heterocycles. The average molecular weight is 482 g/mol. The molecule has 1 N–H and O–H groups in total. The van der Waals surface area contributed by atoms with Gasteiger partial charge in [-0.05, 0) is 63.4 Å². The standard InChI is InChI=1S/C27H31NO5S/c1-5-31-21-12-10-20(11-13-21)22-17-34-26(25(22)27(30)32-6-2)28-24(29)8-7-15-33-23-14-9-18(3)16-19(23)4/h9-14,16-17H,5-8,15H2,1-4H3,(H,28,29). The number of ether oxygens (including phenoxy) is 3. The largest absolute Gasteiger partial charge is 0.494 e. The third kappa shape index (κ3) is 6.60. The van der Waals surface area contributed by atoms with Crippen LogP contribution >= 0.6 is 11.3 Å². The summed E-state index contributed by atoms with van der Waals surface area (Å²) in [7, 11) is 0. The topological polar surface area (TPSA) is 73.9 Å². The number of thiophene rings is 1. The van der Waals surface area contributed by atoms with Crippen molar-refractivity contribution in [2.75, 3.05) is 25.1 Å². The maximum atomic E-state index is 12.7. The molecule has 7 heteroatoms. The van der Waals surface area contributed by atoms with Crippen molar-refractivity contribution in [3.8, 4) is 22.6 Å². The first-order valence-electron chi connectivity index (χ1n) is 11.4. The SMILES string of the molecule is CCOC(=O)c1c(-c2ccc(OCC)cc2)csc1NC(=O)CCCOc1ccc(C)cc1C. The van der Waals surface area contributed by atoms with Crippen LogP contribution in [0.2, 0.25) is 0 Å². The van der Waals surface area contributed by atoms with E-state index in [2.05, 4.69) is 11.4 Å². The average Bonchev–Trinajstić information content (AvgIpc) is 3.22. The second-order valence-electron chi connectivity index (χ2n) is 7.80. The molecular formula is C27H31NO5S. The summed E-state index contributed by atoms with van der Waals surface area (Å²) in [6.07, 6.45) is 0.842. The van der Waals surface area contributed by atoms with Gasteiger partial charge in [-0.3, -0.25) is 4.79 Å². The van der Waals surface area contributed by atoms with Crippen molar-refractivity contribution < 1.29 is 23.8 Å². The highest BCUT2D eigenvalue weighted by molar-refractivity contribution is 7.15. The molecule has 1 heterocycles. The van der Waals surface area contributed by atoms with E-state index in [9.17, 15) is 9.59 Å². The molecule has 3 rings (SSSR count). The van der Waals surface area contributed by atoms with Gasteiger partial charge in [0.25, 0.3) is 0 Å². The Balaban J connectivity index is 1.65. The number of benzene rings is 2. The number of esters is 1. The number of carbonyl (C=O) groups is 2. The van der Waals surface area contributed by atoms with Gasteiger partial charge in [0.2, 0.25) is 5.91 Å². The minimum Gasteiger partial charge on any atom is -0.494 e. The van der Waals surface area contributed by atoms with E-state index in [0.717, 1.165) is 28.2 Å². The van der Waals surface area contributed by atoms with Gasteiger partial charge in [-0.1, -0.05) is 29.8 Å². The Morgan fingerprint density at radius 3 is 2.41 bits per heavy atom. The van der Waals surface area contributed by atoms with Crippen molar-refractivity contribution in [2.24, 2.45) is 0 Å². The van der Waals surface area contributed by atoms with Crippen molar-refractivity contribution in [3.63, 3.8) is 0 Å². The Labute approximate surface area is 204 Å². The zero-order valence-corrected chi connectivity index (χ0v) is 20.9. The molecule has 0 atom stereocenters. The lowest BCUT2D eigenvalue weighted by Gasteiger charge is -2.11. The van der Waals surface area contributed by atoms with Crippen molar-refractivity contribution in [1.29, 1.82) is 0 Å². The van der Waals surface area contributed by atoms with Gasteiger partial charge in [-0.15, -0.1) is 11.3 Å². The number of amides is 1. The number of hydrogen-bond donors (Lipinski definition) is 1. The summed E-state index contributed by atoms with van der Waals surface area (Å²) in [5.41, 5.74) is 4.20. The fourth-order valence-electron chi connectivity index (χ4n) is 3.53. The van der Waals surface area contributed by atoms with Crippen molar-refractivity contribution in [3.05, 3.63) is 64.5 Å². The molecule has 0 aliphatic carbocycles. The lowest BCUT2D eigenvalue weighted by atomic mass is 10.0. The smallest absolute Gasteiger partial charge is 0.341 e. The fourth-order valence-corrected chi connectivity index (χ4v) is 4.50. The van der Waals surface area contributed by atoms with Crippen molar-refractivity contribution in [2.45, 2.75) is 40.5 Å². The summed E-state index contributed by atoms with van der Waals surface area (Å²) in [5.74, 6) is 0.959. The summed E-state index contributed by atoms with van der Waals surface area (Å²) >= 11 is 1.31. The molecule has 0 fully saturated rings. The number of carbonyl (C=O) groups excluding carboxylic acids is 2. The van der Waals surface area contributed by atoms with E-state index >= 15 is 0 Å². The van der Waals surface area contributed by atoms with Gasteiger partial charge in [0, 0.05) is 17.4 Å². The molecule has 0 spiro atoms. The Morgan fingerprint density at radius 1 is 0.971 bits per heavy atom. The zero-order chi connectivity index (χ0) is 24.5. The van der Waals surface area contributed by atoms with Crippen molar-refractivity contribution >= 4 is 28.2 Å². The molecule has 0 unspecified atom stereocenters. The van der Waals surface area contributed by atoms with E-state index in [4.69, 9.17) is 14.2 Å². The molecule has 34 heavy (non-hydrogen) atoms. The predicted molar refractivity (Wildman–Crippen MR) is 136 cm³/mol. The Kier molecular flexibility index (Phi) is 9.10. The van der Waals surface area contributed by atoms with Gasteiger partial charge in [-0.25, -0.2) is 4.79 Å². The molecule has 1 aromatic heterocycles. The van der Waals surface area contributed by atoms with Crippen LogP contribution in [0.3, 0.4) is 0 Å². The summed E-state index contributed by atoms with van der Waals surface area (Å²) in [6.45, 7) is 9.00. The fraction of sp³-hybridized carbons (Fsp3) is 0.333. The highest BCUT2D eigenvalue weighted by Gasteiger charge is 2.22. The van der Waals surface area contributed by atoms with Crippen LogP contribution < -0.4 is 14.8 Å². The van der Waals surface area contributed by atoms with Gasteiger partial charge in [0.1, 0.15) is 22.1 Å². The number of rotatable bonds is 11. The Bertz CT molecular complexity index is 1120. The predicted octanol–water partition coefficient (Wildman–Crippen LogP) is 6.41. The van der Waals surface area contributed by atoms with Gasteiger partial charge in [0.15, 0.2) is 0 Å². The molecule has 180 valence electrons. The Morgan fingerprint density at radius 2 is 1.74 bits per heavy atom. The van der Waals surface area contributed by atoms with Crippen molar-refractivity contribution in [1.82, 2.24) is 0 Å². The Hall–Kier alpha value is -3.32. The van der Waals surface area contributed by atoms with Gasteiger partial charge >= 0.3 is 5.97 Å². The third-order valence-electron chi connectivity index (χ3n) is 5.14. The normalized spacial score (nSPS) is 10.6. The van der Waals surface area contributed by atoms with E-state index in [1.54, 1.807) is 6.92 Å². The van der Waals surface area contributed by atoms with Crippen LogP contribution in [-0.2, 0) is 9.53 Å². The van der Waals surface area contributed by atoms with Crippen LogP contribution in [0.1, 0.15) is 48.2 Å². The van der Waals surface area contributed by atoms with E-state index < -0.39 is 5.97 Å². The van der Waals surface area contributed by atoms with Gasteiger partial charge < -0.3 is 19.5 Å². The molecule has 0 bridgehead atoms. The summed E-state index contributed by atoms with van der Waals surface area (Å²) in [6, 6.07) is 13.5. The summed E-state index contributed by atoms with van der Waals surface area (Å²) in [5, 5.41) is 5.24. The number of hydrogen-bond acceptors (Lipinski definition) is 6. The molecule has 0 saturated carbocycles. The highest BCUT2D eigenvalue weighted by Crippen LogP contribution is 2.37. The first kappa shape index (κ1) is 25.3. The summed E-state index contributed by atoms with van der Waals surface area (Å²) < 4.78 is 16.6. The van der Waals surface area contributed by atoms with Crippen LogP contribution in [-0.4, -0.2) is 31.7 Å². The van der Waals surface area contributed by atoms with E-state index in [1.807, 2.05) is 62.5 Å². The minimum absolute atomic E-state index is 0.171. The number of nitrogens with one attached hydrogen (secondary N) is 1. The van der Waals surface area contributed by atoms with Gasteiger partial charge in [-0.2, -0.15) is 0 Å². The van der Waals surface area contributed by atoms with E-state index in [0.29, 0.717) is 30.2 Å². The van der Waals surface area contributed by atoms with E-state index in [-0.39, 0.29) is 18.9 Å². The third-order valence-corrected chi connectivity index (χ3v) is 6.03. The molecule has 1 amide bonds. The molecule has 6 nitrogen and oxygen atoms in total. The van der Waals surface area contributed by atoms with Crippen LogP contribution in [0.25, 0.3) is 11.1 Å². The second kappa shape index (κ2) is 12.2. The first-order chi connectivity index (χ1) is 16.4. The first-order valence-corrected chi connectivity index (χ1v) is 12.3. The lowest BCUT2D eigenvalue weighted by Crippen LogP contribution is -2.15. The lowest BCUT2D eigenvalue weighted by molar-refractivity contribution is -0.116. The maximum absolute atomic E-state index is 12.7. The second-order valence-corrected chi connectivity index (χ2v) is 8.68. The minimum atomic E-state index is -0.457. The molecule has 0 aliphatic rings. The van der Waals surface area contributed by atoms with Crippen LogP contribution in [0.15, 0.2) is 47.8 Å². The van der Waals surface area contributed by atoms with E-state index in [1.165, 1.54) is 16.9 Å². The molecule has 2 aromatic carbocycles. The maximum Gasteiger partial charge on any atom is 0.341 e. The van der Waals surface area contributed by atoms with Gasteiger partial charge in [0.05, 0.1) is 19.8 Å². The number of aryl methyl sites for hydroxylation is 2. The summed E-state index contributed by atoms with van der Waals surface area (Å²) in [4.78, 5) is 25.3. The molecule has 0 radical (unpaired) electrons.